The molecular weight excluding hydrogens is 277 g/mol. The molecule has 4 heteroatoms. The standard InChI is InChI=1S/C11H11BrClNO/c1-2-3-4-7-5-10-9(6-8(7)13)14-11(12)15-10/h5-6H,2-4H2,1H3. The third kappa shape index (κ3) is 2.34. The number of aromatic nitrogens is 1. The van der Waals surface area contributed by atoms with Gasteiger partial charge in [-0.3, -0.25) is 0 Å². The average molecular weight is 289 g/mol. The summed E-state index contributed by atoms with van der Waals surface area (Å²) in [6.07, 6.45) is 3.29. The van der Waals surface area contributed by atoms with Crippen molar-refractivity contribution in [3.63, 3.8) is 0 Å². The van der Waals surface area contributed by atoms with E-state index in [2.05, 4.69) is 27.8 Å². The largest absolute Gasteiger partial charge is 0.431 e. The lowest BCUT2D eigenvalue weighted by Gasteiger charge is -2.02. The van der Waals surface area contributed by atoms with Crippen LogP contribution in [-0.4, -0.2) is 4.98 Å². The summed E-state index contributed by atoms with van der Waals surface area (Å²) in [5.74, 6) is 0. The molecule has 0 unspecified atom stereocenters. The predicted octanol–water partition coefficient (Wildman–Crippen LogP) is 4.59. The molecule has 0 fully saturated rings. The van der Waals surface area contributed by atoms with Gasteiger partial charge in [0.15, 0.2) is 5.58 Å². The maximum absolute atomic E-state index is 6.15. The molecule has 0 radical (unpaired) electrons. The number of hydrogen-bond donors (Lipinski definition) is 0. The molecule has 80 valence electrons. The van der Waals surface area contributed by atoms with Gasteiger partial charge in [-0.15, -0.1) is 0 Å². The summed E-state index contributed by atoms with van der Waals surface area (Å²) in [6, 6.07) is 3.83. The van der Waals surface area contributed by atoms with Crippen LogP contribution in [0.4, 0.5) is 0 Å². The van der Waals surface area contributed by atoms with Gasteiger partial charge in [-0.05, 0) is 30.5 Å². The Bertz CT molecular complexity index is 481. The predicted molar refractivity (Wildman–Crippen MR) is 65.3 cm³/mol. The molecule has 2 nitrogen and oxygen atoms in total. The van der Waals surface area contributed by atoms with Crippen LogP contribution in [0.25, 0.3) is 11.1 Å². The van der Waals surface area contributed by atoms with E-state index >= 15 is 0 Å². The summed E-state index contributed by atoms with van der Waals surface area (Å²) in [6.45, 7) is 2.16. The fourth-order valence-electron chi connectivity index (χ4n) is 1.52. The second-order valence-corrected chi connectivity index (χ2v) is 4.57. The van der Waals surface area contributed by atoms with E-state index in [0.717, 1.165) is 40.9 Å². The Morgan fingerprint density at radius 2 is 2.27 bits per heavy atom. The Morgan fingerprint density at radius 1 is 1.47 bits per heavy atom. The van der Waals surface area contributed by atoms with Gasteiger partial charge in [0.2, 0.25) is 0 Å². The fraction of sp³-hybridized carbons (Fsp3) is 0.364. The second kappa shape index (κ2) is 4.54. The molecule has 1 heterocycles. The first-order valence-corrected chi connectivity index (χ1v) is 6.12. The minimum Gasteiger partial charge on any atom is -0.431 e. The molecule has 0 aliphatic carbocycles. The van der Waals surface area contributed by atoms with Crippen molar-refractivity contribution < 1.29 is 4.42 Å². The summed E-state index contributed by atoms with van der Waals surface area (Å²) in [7, 11) is 0. The van der Waals surface area contributed by atoms with Gasteiger partial charge in [-0.2, -0.15) is 0 Å². The van der Waals surface area contributed by atoms with Crippen molar-refractivity contribution in [1.29, 1.82) is 0 Å². The van der Waals surface area contributed by atoms with Crippen LogP contribution < -0.4 is 0 Å². The first kappa shape index (κ1) is 11.0. The lowest BCUT2D eigenvalue weighted by atomic mass is 10.1. The zero-order valence-corrected chi connectivity index (χ0v) is 10.7. The van der Waals surface area contributed by atoms with Crippen LogP contribution in [0, 0.1) is 0 Å². The van der Waals surface area contributed by atoms with Gasteiger partial charge in [-0.25, -0.2) is 4.98 Å². The molecule has 0 aliphatic heterocycles. The Balaban J connectivity index is 2.42. The Kier molecular flexibility index (Phi) is 3.32. The summed E-state index contributed by atoms with van der Waals surface area (Å²) < 4.78 is 5.39. The van der Waals surface area contributed by atoms with Gasteiger partial charge in [-0.1, -0.05) is 24.9 Å². The summed E-state index contributed by atoms with van der Waals surface area (Å²) in [5, 5.41) is 0.775. The Hall–Kier alpha value is -0.540. The van der Waals surface area contributed by atoms with Crippen LogP contribution in [0.15, 0.2) is 21.3 Å². The lowest BCUT2D eigenvalue weighted by molar-refractivity contribution is 0.570. The van der Waals surface area contributed by atoms with E-state index in [9.17, 15) is 0 Å². The highest BCUT2D eigenvalue weighted by Crippen LogP contribution is 2.27. The highest BCUT2D eigenvalue weighted by atomic mass is 79.9. The van der Waals surface area contributed by atoms with Gasteiger partial charge < -0.3 is 4.42 Å². The third-order valence-corrected chi connectivity index (χ3v) is 3.02. The molecular formula is C11H11BrClNO. The number of unbranched alkanes of at least 4 members (excludes halogenated alkanes) is 1. The van der Waals surface area contributed by atoms with Crippen molar-refractivity contribution >= 4 is 38.6 Å². The zero-order valence-electron chi connectivity index (χ0n) is 8.39. The molecule has 0 N–H and O–H groups in total. The number of nitrogens with zero attached hydrogens (tertiary/aromatic N) is 1. The van der Waals surface area contributed by atoms with Crippen LogP contribution in [0.3, 0.4) is 0 Å². The van der Waals surface area contributed by atoms with E-state index < -0.39 is 0 Å². The maximum Gasteiger partial charge on any atom is 0.265 e. The van der Waals surface area contributed by atoms with Crippen molar-refractivity contribution in [2.24, 2.45) is 0 Å². The van der Waals surface area contributed by atoms with Crippen molar-refractivity contribution in [2.45, 2.75) is 26.2 Å². The van der Waals surface area contributed by atoms with Gasteiger partial charge >= 0.3 is 0 Å². The highest BCUT2D eigenvalue weighted by Gasteiger charge is 2.08. The zero-order chi connectivity index (χ0) is 10.8. The van der Waals surface area contributed by atoms with Gasteiger partial charge in [0.1, 0.15) is 5.52 Å². The van der Waals surface area contributed by atoms with Gasteiger partial charge in [0.25, 0.3) is 4.80 Å². The van der Waals surface area contributed by atoms with Crippen LogP contribution in [0.2, 0.25) is 5.02 Å². The third-order valence-electron chi connectivity index (χ3n) is 2.33. The van der Waals surface area contributed by atoms with E-state index in [-0.39, 0.29) is 0 Å². The van der Waals surface area contributed by atoms with E-state index in [0.29, 0.717) is 4.80 Å². The van der Waals surface area contributed by atoms with Crippen LogP contribution >= 0.6 is 27.5 Å². The maximum atomic E-state index is 6.15. The van der Waals surface area contributed by atoms with Crippen LogP contribution in [0.1, 0.15) is 25.3 Å². The SMILES string of the molecule is CCCCc1cc2oc(Br)nc2cc1Cl. The minimum absolute atomic E-state index is 0.501. The second-order valence-electron chi connectivity index (χ2n) is 3.48. The first-order valence-electron chi connectivity index (χ1n) is 4.95. The van der Waals surface area contributed by atoms with E-state index in [1.807, 2.05) is 12.1 Å². The Morgan fingerprint density at radius 3 is 3.00 bits per heavy atom. The van der Waals surface area contributed by atoms with Crippen molar-refractivity contribution in [3.8, 4) is 0 Å². The average Bonchev–Trinajstić information content (AvgIpc) is 2.53. The summed E-state index contributed by atoms with van der Waals surface area (Å²) in [4.78, 5) is 4.66. The minimum atomic E-state index is 0.501. The van der Waals surface area contributed by atoms with Crippen molar-refractivity contribution in [3.05, 3.63) is 27.5 Å². The quantitative estimate of drug-likeness (QED) is 0.826. The molecule has 0 amide bonds. The number of hydrogen-bond acceptors (Lipinski definition) is 2. The summed E-state index contributed by atoms with van der Waals surface area (Å²) >= 11 is 9.36. The molecule has 0 saturated heterocycles. The Labute approximate surface area is 102 Å². The fourth-order valence-corrected chi connectivity index (χ4v) is 2.14. The molecule has 1 aromatic carbocycles. The van der Waals surface area contributed by atoms with Gasteiger partial charge in [0, 0.05) is 21.0 Å². The lowest BCUT2D eigenvalue weighted by Crippen LogP contribution is -1.86. The van der Waals surface area contributed by atoms with Crippen molar-refractivity contribution in [1.82, 2.24) is 4.98 Å². The first-order chi connectivity index (χ1) is 7.20. The molecule has 0 bridgehead atoms. The van der Waals surface area contributed by atoms with E-state index in [1.165, 1.54) is 0 Å². The molecule has 0 aliphatic rings. The topological polar surface area (TPSA) is 26.0 Å². The number of benzene rings is 1. The summed E-state index contributed by atoms with van der Waals surface area (Å²) in [5.41, 5.74) is 2.72. The normalized spacial score (nSPS) is 11.1. The number of aryl methyl sites for hydroxylation is 1. The van der Waals surface area contributed by atoms with Gasteiger partial charge in [0.05, 0.1) is 0 Å². The molecule has 15 heavy (non-hydrogen) atoms. The molecule has 1 aromatic heterocycles. The molecule has 2 aromatic rings. The number of halogens is 2. The molecule has 0 atom stereocenters. The molecule has 2 rings (SSSR count). The number of fused-ring (bicyclic) bond motifs is 1. The van der Waals surface area contributed by atoms with Crippen LogP contribution in [-0.2, 0) is 6.42 Å². The van der Waals surface area contributed by atoms with Crippen molar-refractivity contribution in [2.75, 3.05) is 0 Å². The smallest absolute Gasteiger partial charge is 0.265 e. The van der Waals surface area contributed by atoms with E-state index in [4.69, 9.17) is 16.0 Å². The highest BCUT2D eigenvalue weighted by molar-refractivity contribution is 9.10. The van der Waals surface area contributed by atoms with Crippen LogP contribution in [0.5, 0.6) is 0 Å². The molecule has 0 saturated carbocycles. The monoisotopic (exact) mass is 287 g/mol. The number of oxazole rings is 1. The molecule has 0 spiro atoms. The van der Waals surface area contributed by atoms with E-state index in [1.54, 1.807) is 0 Å². The number of rotatable bonds is 3.